The molecule has 0 aromatic carbocycles. The maximum absolute atomic E-state index is 12.7. The molecule has 0 bridgehead atoms. The van der Waals surface area contributed by atoms with Crippen LogP contribution in [0.3, 0.4) is 0 Å². The van der Waals surface area contributed by atoms with E-state index in [1.54, 1.807) is 27.7 Å². The van der Waals surface area contributed by atoms with Crippen LogP contribution in [0.1, 0.15) is 67.7 Å². The largest absolute Gasteiger partial charge is 0.346 e. The van der Waals surface area contributed by atoms with Crippen LogP contribution in [0.5, 0.6) is 0 Å². The van der Waals surface area contributed by atoms with Gasteiger partial charge in [0, 0.05) is 0 Å². The Bertz CT molecular complexity index is 585. The van der Waals surface area contributed by atoms with Crippen molar-refractivity contribution in [2.75, 3.05) is 11.2 Å². The van der Waals surface area contributed by atoms with Gasteiger partial charge in [0.15, 0.2) is 15.3 Å². The van der Waals surface area contributed by atoms with Gasteiger partial charge in [-0.1, -0.05) is 23.3 Å². The molecule has 148 valence electrons. The molecular formula is C18H35O5PS. The second-order valence-electron chi connectivity index (χ2n) is 7.16. The number of hydrogen-bond donors (Lipinski definition) is 0. The second kappa shape index (κ2) is 11.3. The fourth-order valence-corrected chi connectivity index (χ4v) is 6.95. The predicted octanol–water partition coefficient (Wildman–Crippen LogP) is 5.48. The van der Waals surface area contributed by atoms with Crippen LogP contribution in [0.15, 0.2) is 23.3 Å². The van der Waals surface area contributed by atoms with Crippen LogP contribution in [0.2, 0.25) is 0 Å². The van der Waals surface area contributed by atoms with Gasteiger partial charge in [-0.25, -0.2) is 8.42 Å². The van der Waals surface area contributed by atoms with Gasteiger partial charge in [0.25, 0.3) is 0 Å². The van der Waals surface area contributed by atoms with E-state index < -0.39 is 22.9 Å². The zero-order chi connectivity index (χ0) is 19.7. The Balaban J connectivity index is 4.74. The highest BCUT2D eigenvalue weighted by molar-refractivity contribution is 7.97. The average Bonchev–Trinajstić information content (AvgIpc) is 2.33. The molecule has 0 radical (unpaired) electrons. The van der Waals surface area contributed by atoms with E-state index >= 15 is 0 Å². The molecule has 0 rings (SSSR count). The zero-order valence-corrected chi connectivity index (χ0v) is 18.5. The Labute approximate surface area is 154 Å². The maximum atomic E-state index is 12.7. The third-order valence-corrected chi connectivity index (χ3v) is 8.29. The molecular weight excluding hydrogens is 359 g/mol. The Morgan fingerprint density at radius 3 is 1.92 bits per heavy atom. The molecule has 0 saturated heterocycles. The molecule has 0 heterocycles. The summed E-state index contributed by atoms with van der Waals surface area (Å²) in [5.41, 5.74) is 1.87. The number of rotatable bonds is 12. The van der Waals surface area contributed by atoms with Crippen molar-refractivity contribution in [3.63, 3.8) is 0 Å². The van der Waals surface area contributed by atoms with Gasteiger partial charge in [0.1, 0.15) is 0 Å². The van der Waals surface area contributed by atoms with Gasteiger partial charge in [0.2, 0.25) is 0 Å². The number of sulfone groups is 1. The first-order valence-corrected chi connectivity index (χ1v) is 12.4. The fraction of sp³-hybridized carbons (Fsp3) is 0.778. The lowest BCUT2D eigenvalue weighted by Crippen LogP contribution is -2.17. The summed E-state index contributed by atoms with van der Waals surface area (Å²) in [6.45, 7) is 13.0. The lowest BCUT2D eigenvalue weighted by Gasteiger charge is -2.22. The summed E-state index contributed by atoms with van der Waals surface area (Å²) < 4.78 is 48.0. The lowest BCUT2D eigenvalue weighted by atomic mass is 10.1. The van der Waals surface area contributed by atoms with Gasteiger partial charge in [-0.15, -0.1) is 0 Å². The molecule has 0 aliphatic rings. The molecule has 0 aliphatic carbocycles. The molecule has 0 N–H and O–H groups in total. The highest BCUT2D eigenvalue weighted by Crippen LogP contribution is 2.51. The first-order chi connectivity index (χ1) is 11.4. The van der Waals surface area contributed by atoms with E-state index in [0.29, 0.717) is 6.42 Å². The minimum atomic E-state index is -3.66. The third-order valence-electron chi connectivity index (χ3n) is 3.11. The molecule has 0 aromatic rings. The van der Waals surface area contributed by atoms with Crippen molar-refractivity contribution in [2.24, 2.45) is 0 Å². The van der Waals surface area contributed by atoms with Gasteiger partial charge in [-0.2, -0.15) is 0 Å². The zero-order valence-electron chi connectivity index (χ0n) is 16.7. The minimum Gasteiger partial charge on any atom is -0.305 e. The van der Waals surface area contributed by atoms with Gasteiger partial charge >= 0.3 is 7.60 Å². The molecule has 0 saturated carbocycles. The summed E-state index contributed by atoms with van der Waals surface area (Å²) in [5, 5.41) is 0. The Morgan fingerprint density at radius 2 is 1.48 bits per heavy atom. The van der Waals surface area contributed by atoms with Crippen molar-refractivity contribution in [3.8, 4) is 0 Å². The Kier molecular flexibility index (Phi) is 11.1. The fourth-order valence-electron chi connectivity index (χ4n) is 2.21. The smallest absolute Gasteiger partial charge is 0.305 e. The van der Waals surface area contributed by atoms with Crippen molar-refractivity contribution in [1.29, 1.82) is 0 Å². The van der Waals surface area contributed by atoms with Crippen molar-refractivity contribution < 1.29 is 22.0 Å². The Hall–Kier alpha value is -0.420. The van der Waals surface area contributed by atoms with E-state index in [0.717, 1.165) is 18.4 Å². The third kappa shape index (κ3) is 13.4. The van der Waals surface area contributed by atoms with Crippen LogP contribution in [-0.2, 0) is 23.4 Å². The highest BCUT2D eigenvalue weighted by atomic mass is 32.2. The second-order valence-corrected chi connectivity index (χ2v) is 11.7. The maximum Gasteiger partial charge on any atom is 0.346 e. The molecule has 0 atom stereocenters. The van der Waals surface area contributed by atoms with Gasteiger partial charge < -0.3 is 9.05 Å². The van der Waals surface area contributed by atoms with Crippen molar-refractivity contribution >= 4 is 17.4 Å². The molecule has 0 unspecified atom stereocenters. The molecule has 5 nitrogen and oxygen atoms in total. The summed E-state index contributed by atoms with van der Waals surface area (Å²) >= 11 is 0. The predicted molar refractivity (Wildman–Crippen MR) is 106 cm³/mol. The average molecular weight is 395 g/mol. The van der Waals surface area contributed by atoms with Gasteiger partial charge in [0.05, 0.1) is 18.0 Å². The summed E-state index contributed by atoms with van der Waals surface area (Å²) in [4.78, 5) is 0. The minimum absolute atomic E-state index is 0.0557. The van der Waals surface area contributed by atoms with E-state index in [-0.39, 0.29) is 18.0 Å². The van der Waals surface area contributed by atoms with Crippen LogP contribution >= 0.6 is 7.60 Å². The molecule has 0 fully saturated rings. The Morgan fingerprint density at radius 1 is 0.960 bits per heavy atom. The summed E-state index contributed by atoms with van der Waals surface area (Å²) in [7, 11) is -7.19. The molecule has 0 aromatic heterocycles. The standard InChI is InChI=1S/C18H35O5PS/c1-15(2)10-8-11-18(7)12-9-13-25(20,21)14-24(19,22-16(3)4)23-17(5)6/h10,12,16-17H,8-9,11,13-14H2,1-7H3/b18-12+. The van der Waals surface area contributed by atoms with E-state index in [2.05, 4.69) is 19.9 Å². The van der Waals surface area contributed by atoms with Crippen LogP contribution < -0.4 is 0 Å². The number of hydrogen-bond acceptors (Lipinski definition) is 5. The highest BCUT2D eigenvalue weighted by Gasteiger charge is 2.33. The van der Waals surface area contributed by atoms with Crippen molar-refractivity contribution in [3.05, 3.63) is 23.3 Å². The topological polar surface area (TPSA) is 69.7 Å². The first kappa shape index (κ1) is 24.6. The molecule has 0 spiro atoms. The monoisotopic (exact) mass is 394 g/mol. The SMILES string of the molecule is CC(C)=CCC/C(C)=C/CCS(=O)(=O)CP(=O)(OC(C)C)OC(C)C. The van der Waals surface area contributed by atoms with Crippen LogP contribution in [0.25, 0.3) is 0 Å². The lowest BCUT2D eigenvalue weighted by molar-refractivity contribution is 0.145. The van der Waals surface area contributed by atoms with E-state index in [1.807, 2.05) is 13.0 Å². The van der Waals surface area contributed by atoms with Crippen molar-refractivity contribution in [2.45, 2.75) is 79.9 Å². The normalized spacial score (nSPS) is 13.6. The molecule has 7 heteroatoms. The van der Waals surface area contributed by atoms with E-state index in [4.69, 9.17) is 9.05 Å². The van der Waals surface area contributed by atoms with Crippen LogP contribution in [0.4, 0.5) is 0 Å². The molecule has 0 aliphatic heterocycles. The summed E-state index contributed by atoms with van der Waals surface area (Å²) in [6.07, 6.45) is 5.65. The summed E-state index contributed by atoms with van der Waals surface area (Å²) in [6, 6.07) is 0. The molecule has 0 amide bonds. The van der Waals surface area contributed by atoms with E-state index in [9.17, 15) is 13.0 Å². The van der Waals surface area contributed by atoms with Crippen LogP contribution in [0, 0.1) is 0 Å². The molecule has 25 heavy (non-hydrogen) atoms. The van der Waals surface area contributed by atoms with Gasteiger partial charge in [-0.3, -0.25) is 4.57 Å². The van der Waals surface area contributed by atoms with Crippen LogP contribution in [-0.4, -0.2) is 31.9 Å². The van der Waals surface area contributed by atoms with Gasteiger partial charge in [-0.05, 0) is 67.7 Å². The summed E-state index contributed by atoms with van der Waals surface area (Å²) in [5.74, 6) is -0.0557. The van der Waals surface area contributed by atoms with Crippen molar-refractivity contribution in [1.82, 2.24) is 0 Å². The van der Waals surface area contributed by atoms with E-state index in [1.165, 1.54) is 5.57 Å². The first-order valence-electron chi connectivity index (χ1n) is 8.80. The number of allylic oxidation sites excluding steroid dienone is 4. The quantitative estimate of drug-likeness (QED) is 0.324.